The van der Waals surface area contributed by atoms with Crippen molar-refractivity contribution in [1.82, 2.24) is 9.78 Å². The third kappa shape index (κ3) is 2.30. The second-order valence-electron chi connectivity index (χ2n) is 4.15. The van der Waals surface area contributed by atoms with Gasteiger partial charge in [-0.05, 0) is 26.3 Å². The van der Waals surface area contributed by atoms with Crippen molar-refractivity contribution < 1.29 is 9.21 Å². The summed E-state index contributed by atoms with van der Waals surface area (Å²) >= 11 is 0. The molecular formula is C13H16N2O2. The fourth-order valence-corrected chi connectivity index (χ4v) is 1.84. The van der Waals surface area contributed by atoms with E-state index < -0.39 is 0 Å². The molecule has 0 aromatic carbocycles. The maximum Gasteiger partial charge on any atom is 0.199 e. The van der Waals surface area contributed by atoms with Crippen LogP contribution in [0.3, 0.4) is 0 Å². The molecule has 0 bridgehead atoms. The van der Waals surface area contributed by atoms with Crippen LogP contribution in [0.5, 0.6) is 0 Å². The van der Waals surface area contributed by atoms with Crippen molar-refractivity contribution in [2.75, 3.05) is 0 Å². The summed E-state index contributed by atoms with van der Waals surface area (Å²) in [5, 5.41) is 4.15. The third-order valence-corrected chi connectivity index (χ3v) is 2.63. The molecule has 2 aromatic heterocycles. The van der Waals surface area contributed by atoms with Crippen LogP contribution in [0.1, 0.15) is 40.8 Å². The Morgan fingerprint density at radius 1 is 1.47 bits per heavy atom. The molecule has 4 nitrogen and oxygen atoms in total. The minimum atomic E-state index is -0.0262. The molecule has 2 heterocycles. The molecule has 0 amide bonds. The molecule has 17 heavy (non-hydrogen) atoms. The van der Waals surface area contributed by atoms with Crippen LogP contribution in [0.25, 0.3) is 0 Å². The van der Waals surface area contributed by atoms with E-state index in [1.54, 1.807) is 30.1 Å². The molecule has 4 heteroatoms. The molecule has 0 N–H and O–H groups in total. The molecule has 0 radical (unpaired) electrons. The summed E-state index contributed by atoms with van der Waals surface area (Å²) in [4.78, 5) is 12.2. The minimum absolute atomic E-state index is 0.0262. The van der Waals surface area contributed by atoms with E-state index in [2.05, 4.69) is 12.0 Å². The van der Waals surface area contributed by atoms with Crippen LogP contribution in [-0.4, -0.2) is 15.6 Å². The fraction of sp³-hybridized carbons (Fsp3) is 0.385. The van der Waals surface area contributed by atoms with E-state index >= 15 is 0 Å². The van der Waals surface area contributed by atoms with Gasteiger partial charge in [-0.15, -0.1) is 0 Å². The molecule has 0 aliphatic heterocycles. The highest BCUT2D eigenvalue weighted by molar-refractivity contribution is 6.09. The van der Waals surface area contributed by atoms with Gasteiger partial charge < -0.3 is 4.42 Å². The Labute approximate surface area is 100 Å². The van der Waals surface area contributed by atoms with Crippen LogP contribution < -0.4 is 0 Å². The van der Waals surface area contributed by atoms with Gasteiger partial charge in [0.15, 0.2) is 5.78 Å². The maximum absolute atomic E-state index is 12.2. The van der Waals surface area contributed by atoms with Crippen molar-refractivity contribution in [3.63, 3.8) is 0 Å². The SMILES string of the molecule is CCCn1cc(C(=O)c2cc(C)oc2C)cn1. The second kappa shape index (κ2) is 4.57. The Hall–Kier alpha value is -1.84. The molecule has 2 rings (SSSR count). The number of hydrogen-bond donors (Lipinski definition) is 0. The van der Waals surface area contributed by atoms with E-state index in [1.807, 2.05) is 6.92 Å². The Morgan fingerprint density at radius 2 is 2.24 bits per heavy atom. The monoisotopic (exact) mass is 232 g/mol. The zero-order valence-electron chi connectivity index (χ0n) is 10.4. The van der Waals surface area contributed by atoms with Crippen LogP contribution in [0.2, 0.25) is 0 Å². The molecule has 2 aromatic rings. The Kier molecular flexibility index (Phi) is 3.13. The zero-order chi connectivity index (χ0) is 12.4. The topological polar surface area (TPSA) is 48.0 Å². The van der Waals surface area contributed by atoms with Crippen molar-refractivity contribution in [1.29, 1.82) is 0 Å². The molecule has 0 aliphatic rings. The molecular weight excluding hydrogens is 216 g/mol. The van der Waals surface area contributed by atoms with Crippen LogP contribution >= 0.6 is 0 Å². The predicted octanol–water partition coefficient (Wildman–Crippen LogP) is 2.73. The first kappa shape index (κ1) is 11.6. The lowest BCUT2D eigenvalue weighted by atomic mass is 10.1. The Bertz CT molecular complexity index is 537. The molecule has 0 saturated heterocycles. The van der Waals surface area contributed by atoms with Crippen molar-refractivity contribution in [2.45, 2.75) is 33.7 Å². The van der Waals surface area contributed by atoms with Crippen molar-refractivity contribution >= 4 is 5.78 Å². The minimum Gasteiger partial charge on any atom is -0.466 e. The van der Waals surface area contributed by atoms with Gasteiger partial charge in [-0.3, -0.25) is 9.48 Å². The number of hydrogen-bond acceptors (Lipinski definition) is 3. The van der Waals surface area contributed by atoms with Crippen LogP contribution in [0.4, 0.5) is 0 Å². The summed E-state index contributed by atoms with van der Waals surface area (Å²) in [6, 6.07) is 1.77. The van der Waals surface area contributed by atoms with E-state index in [4.69, 9.17) is 4.42 Å². The number of furan rings is 1. The number of carbonyl (C=O) groups excluding carboxylic acids is 1. The van der Waals surface area contributed by atoms with Gasteiger partial charge in [-0.2, -0.15) is 5.10 Å². The first-order valence-corrected chi connectivity index (χ1v) is 5.76. The van der Waals surface area contributed by atoms with Crippen LogP contribution in [-0.2, 0) is 6.54 Å². The van der Waals surface area contributed by atoms with E-state index in [0.29, 0.717) is 16.9 Å². The summed E-state index contributed by atoms with van der Waals surface area (Å²) < 4.78 is 7.15. The van der Waals surface area contributed by atoms with Gasteiger partial charge >= 0.3 is 0 Å². The lowest BCUT2D eigenvalue weighted by Crippen LogP contribution is -2.00. The van der Waals surface area contributed by atoms with Gasteiger partial charge in [0.2, 0.25) is 0 Å². The molecule has 0 atom stereocenters. The van der Waals surface area contributed by atoms with E-state index in [9.17, 15) is 4.79 Å². The molecule has 0 spiro atoms. The van der Waals surface area contributed by atoms with Crippen molar-refractivity contribution in [2.24, 2.45) is 0 Å². The fourth-order valence-electron chi connectivity index (χ4n) is 1.84. The average molecular weight is 232 g/mol. The first-order valence-electron chi connectivity index (χ1n) is 5.76. The Morgan fingerprint density at radius 3 is 2.82 bits per heavy atom. The van der Waals surface area contributed by atoms with E-state index in [1.165, 1.54) is 0 Å². The second-order valence-corrected chi connectivity index (χ2v) is 4.15. The number of nitrogens with zero attached hydrogens (tertiary/aromatic N) is 2. The smallest absolute Gasteiger partial charge is 0.199 e. The van der Waals surface area contributed by atoms with Crippen molar-refractivity contribution in [3.05, 3.63) is 41.1 Å². The summed E-state index contributed by atoms with van der Waals surface area (Å²) in [5.41, 5.74) is 1.24. The quantitative estimate of drug-likeness (QED) is 0.761. The summed E-state index contributed by atoms with van der Waals surface area (Å²) in [6.45, 7) is 6.55. The lowest BCUT2D eigenvalue weighted by Gasteiger charge is -1.96. The van der Waals surface area contributed by atoms with E-state index in [0.717, 1.165) is 18.7 Å². The van der Waals surface area contributed by atoms with Gasteiger partial charge in [0, 0.05) is 12.7 Å². The standard InChI is InChI=1S/C13H16N2O2/c1-4-5-15-8-11(7-14-15)13(16)12-6-9(2)17-10(12)3/h6-8H,4-5H2,1-3H3. The normalized spacial score (nSPS) is 10.8. The number of carbonyl (C=O) groups is 1. The van der Waals surface area contributed by atoms with Crippen LogP contribution in [0, 0.1) is 13.8 Å². The first-order chi connectivity index (χ1) is 8.11. The Balaban J connectivity index is 2.27. The van der Waals surface area contributed by atoms with Gasteiger partial charge in [0.05, 0.1) is 17.3 Å². The number of aryl methyl sites for hydroxylation is 3. The number of aromatic nitrogens is 2. The molecule has 0 saturated carbocycles. The predicted molar refractivity (Wildman–Crippen MR) is 64.1 cm³/mol. The number of rotatable bonds is 4. The van der Waals surface area contributed by atoms with Gasteiger partial charge in [0.1, 0.15) is 11.5 Å². The van der Waals surface area contributed by atoms with Crippen molar-refractivity contribution in [3.8, 4) is 0 Å². The maximum atomic E-state index is 12.2. The molecule has 0 fully saturated rings. The largest absolute Gasteiger partial charge is 0.466 e. The van der Waals surface area contributed by atoms with Gasteiger partial charge in [-0.1, -0.05) is 6.92 Å². The summed E-state index contributed by atoms with van der Waals surface area (Å²) in [7, 11) is 0. The third-order valence-electron chi connectivity index (χ3n) is 2.63. The van der Waals surface area contributed by atoms with E-state index in [-0.39, 0.29) is 5.78 Å². The summed E-state index contributed by atoms with van der Waals surface area (Å²) in [5.74, 6) is 1.39. The number of ketones is 1. The lowest BCUT2D eigenvalue weighted by molar-refractivity contribution is 0.103. The molecule has 0 unspecified atom stereocenters. The van der Waals surface area contributed by atoms with Gasteiger partial charge in [0.25, 0.3) is 0 Å². The highest BCUT2D eigenvalue weighted by atomic mass is 16.3. The average Bonchev–Trinajstić information content (AvgIpc) is 2.85. The molecule has 0 aliphatic carbocycles. The molecule has 90 valence electrons. The zero-order valence-corrected chi connectivity index (χ0v) is 10.4. The van der Waals surface area contributed by atoms with Gasteiger partial charge in [-0.25, -0.2) is 0 Å². The highest BCUT2D eigenvalue weighted by Crippen LogP contribution is 2.17. The summed E-state index contributed by atoms with van der Waals surface area (Å²) in [6.07, 6.45) is 4.40. The van der Waals surface area contributed by atoms with Crippen LogP contribution in [0.15, 0.2) is 22.9 Å². The highest BCUT2D eigenvalue weighted by Gasteiger charge is 2.16.